The van der Waals surface area contributed by atoms with Crippen molar-refractivity contribution in [1.29, 1.82) is 0 Å². The lowest BCUT2D eigenvalue weighted by Gasteiger charge is -2.22. The summed E-state index contributed by atoms with van der Waals surface area (Å²) >= 11 is 24.4. The average molecular weight is 536 g/mol. The van der Waals surface area contributed by atoms with E-state index in [-0.39, 0.29) is 26.0 Å². The molecule has 0 radical (unpaired) electrons. The number of hydrogen-bond acceptors (Lipinski definition) is 4. The summed E-state index contributed by atoms with van der Waals surface area (Å²) in [6, 6.07) is 0. The highest BCUT2D eigenvalue weighted by molar-refractivity contribution is 7.55. The summed E-state index contributed by atoms with van der Waals surface area (Å²) in [6.45, 7) is 4.96. The number of unbranched alkanes of at least 4 members (excludes halogenated alkanes) is 10. The van der Waals surface area contributed by atoms with E-state index in [0.717, 1.165) is 38.5 Å². The predicted molar refractivity (Wildman–Crippen MR) is 134 cm³/mol. The van der Waals surface area contributed by atoms with Gasteiger partial charge in [0.15, 0.2) is 10.3 Å². The molecular formula is C21H35Cl4N2O3P. The molecule has 0 unspecified atom stereocenters. The lowest BCUT2D eigenvalue weighted by atomic mass is 10.1. The molecule has 180 valence electrons. The number of anilines is 1. The van der Waals surface area contributed by atoms with Crippen molar-refractivity contribution in [1.82, 2.24) is 4.98 Å². The first-order valence-electron chi connectivity index (χ1n) is 11.2. The van der Waals surface area contributed by atoms with Crippen molar-refractivity contribution in [3.8, 4) is 0 Å². The molecule has 0 aromatic carbocycles. The van der Waals surface area contributed by atoms with Crippen LogP contribution in [0.15, 0.2) is 0 Å². The summed E-state index contributed by atoms with van der Waals surface area (Å²) in [7, 11) is -3.72. The van der Waals surface area contributed by atoms with Gasteiger partial charge in [-0.25, -0.2) is 9.55 Å². The van der Waals surface area contributed by atoms with Crippen LogP contribution < -0.4 is 5.09 Å². The zero-order chi connectivity index (χ0) is 23.1. The molecule has 0 aliphatic heterocycles. The Labute approximate surface area is 207 Å². The van der Waals surface area contributed by atoms with Gasteiger partial charge in [0, 0.05) is 0 Å². The summed E-state index contributed by atoms with van der Waals surface area (Å²) < 4.78 is 24.7. The molecule has 1 N–H and O–H groups in total. The number of rotatable bonds is 18. The van der Waals surface area contributed by atoms with E-state index in [1.165, 1.54) is 38.5 Å². The van der Waals surface area contributed by atoms with E-state index in [9.17, 15) is 4.57 Å². The van der Waals surface area contributed by atoms with Crippen LogP contribution in [-0.2, 0) is 13.6 Å². The minimum absolute atomic E-state index is 0.0163. The van der Waals surface area contributed by atoms with Gasteiger partial charge in [-0.05, 0) is 12.8 Å². The Morgan fingerprint density at radius 3 is 1.52 bits per heavy atom. The molecule has 0 bridgehead atoms. The van der Waals surface area contributed by atoms with Crippen molar-refractivity contribution in [3.05, 3.63) is 20.4 Å². The highest BCUT2D eigenvalue weighted by Crippen LogP contribution is 2.52. The lowest BCUT2D eigenvalue weighted by Crippen LogP contribution is -2.08. The third-order valence-corrected chi connectivity index (χ3v) is 7.78. The quantitative estimate of drug-likeness (QED) is 0.115. The van der Waals surface area contributed by atoms with E-state index in [0.29, 0.717) is 13.2 Å². The van der Waals surface area contributed by atoms with Crippen LogP contribution in [-0.4, -0.2) is 18.2 Å². The van der Waals surface area contributed by atoms with E-state index in [2.05, 4.69) is 23.9 Å². The molecule has 5 nitrogen and oxygen atoms in total. The van der Waals surface area contributed by atoms with Crippen LogP contribution in [0, 0.1) is 0 Å². The first kappa shape index (κ1) is 29.3. The van der Waals surface area contributed by atoms with Crippen LogP contribution in [0.5, 0.6) is 0 Å². The summed E-state index contributed by atoms with van der Waals surface area (Å²) in [5, 5.41) is 2.68. The van der Waals surface area contributed by atoms with E-state index in [1.54, 1.807) is 0 Å². The third-order valence-electron chi connectivity index (χ3n) is 4.76. The van der Waals surface area contributed by atoms with Crippen LogP contribution >= 0.6 is 54.2 Å². The molecule has 0 aliphatic rings. The summed E-state index contributed by atoms with van der Waals surface area (Å²) in [5.41, 5.74) is 0.0996. The van der Waals surface area contributed by atoms with Crippen molar-refractivity contribution < 1.29 is 13.6 Å². The Balaban J connectivity index is 2.70. The van der Waals surface area contributed by atoms with Crippen molar-refractivity contribution in [2.75, 3.05) is 18.3 Å². The van der Waals surface area contributed by atoms with Crippen molar-refractivity contribution in [2.24, 2.45) is 0 Å². The summed E-state index contributed by atoms with van der Waals surface area (Å²) in [6.07, 6.45) is 13.1. The van der Waals surface area contributed by atoms with Crippen LogP contribution in [0.3, 0.4) is 0 Å². The van der Waals surface area contributed by atoms with Crippen molar-refractivity contribution >= 4 is 59.8 Å². The molecule has 1 heterocycles. The van der Waals surface area contributed by atoms with Crippen molar-refractivity contribution in [2.45, 2.75) is 90.9 Å². The van der Waals surface area contributed by atoms with E-state index >= 15 is 0 Å². The summed E-state index contributed by atoms with van der Waals surface area (Å²) in [4.78, 5) is 3.84. The van der Waals surface area contributed by atoms with Gasteiger partial charge in [-0.2, -0.15) is 0 Å². The first-order chi connectivity index (χ1) is 14.8. The third kappa shape index (κ3) is 11.8. The van der Waals surface area contributed by atoms with Gasteiger partial charge in [0.1, 0.15) is 10.0 Å². The Morgan fingerprint density at radius 2 is 1.10 bits per heavy atom. The maximum atomic E-state index is 13.4. The minimum Gasteiger partial charge on any atom is -0.292 e. The number of pyridine rings is 1. The van der Waals surface area contributed by atoms with E-state index in [1.807, 2.05) is 0 Å². The molecule has 0 fully saturated rings. The highest BCUT2D eigenvalue weighted by Gasteiger charge is 2.29. The Kier molecular flexibility index (Phi) is 15.9. The highest BCUT2D eigenvalue weighted by atomic mass is 35.5. The normalized spacial score (nSPS) is 11.8. The second kappa shape index (κ2) is 16.8. The fourth-order valence-corrected chi connectivity index (χ4v) is 5.35. The predicted octanol–water partition coefficient (Wildman–Crippen LogP) is 9.97. The van der Waals surface area contributed by atoms with Gasteiger partial charge in [0.2, 0.25) is 0 Å². The molecule has 10 heteroatoms. The van der Waals surface area contributed by atoms with Gasteiger partial charge in [-0.3, -0.25) is 14.1 Å². The zero-order valence-corrected chi connectivity index (χ0v) is 22.4. The Bertz CT molecular complexity index is 647. The molecule has 31 heavy (non-hydrogen) atoms. The van der Waals surface area contributed by atoms with Crippen LogP contribution in [0.25, 0.3) is 0 Å². The topological polar surface area (TPSA) is 60.5 Å². The molecule has 0 saturated carbocycles. The summed E-state index contributed by atoms with van der Waals surface area (Å²) in [5.74, 6) is 0. The second-order valence-electron chi connectivity index (χ2n) is 7.51. The lowest BCUT2D eigenvalue weighted by molar-refractivity contribution is 0.202. The molecular weight excluding hydrogens is 501 g/mol. The largest absolute Gasteiger partial charge is 0.432 e. The van der Waals surface area contributed by atoms with Crippen LogP contribution in [0.1, 0.15) is 90.9 Å². The average Bonchev–Trinajstić information content (AvgIpc) is 2.74. The van der Waals surface area contributed by atoms with E-state index < -0.39 is 7.75 Å². The van der Waals surface area contributed by atoms with Gasteiger partial charge in [-0.1, -0.05) is 124 Å². The molecule has 0 saturated heterocycles. The zero-order valence-electron chi connectivity index (χ0n) is 18.5. The molecule has 0 spiro atoms. The van der Waals surface area contributed by atoms with Gasteiger partial charge in [-0.15, -0.1) is 0 Å². The number of nitrogens with one attached hydrogen (secondary N) is 1. The number of hydrogen-bond donors (Lipinski definition) is 1. The number of nitrogens with zero attached hydrogens (tertiary/aromatic N) is 1. The maximum Gasteiger partial charge on any atom is 0.432 e. The number of aromatic nitrogens is 1. The van der Waals surface area contributed by atoms with Gasteiger partial charge < -0.3 is 0 Å². The fraction of sp³-hybridized carbons (Fsp3) is 0.762. The maximum absolute atomic E-state index is 13.4. The monoisotopic (exact) mass is 534 g/mol. The smallest absolute Gasteiger partial charge is 0.292 e. The molecule has 0 atom stereocenters. The fourth-order valence-electron chi connectivity index (χ4n) is 2.96. The van der Waals surface area contributed by atoms with E-state index in [4.69, 9.17) is 55.5 Å². The Morgan fingerprint density at radius 1 is 0.710 bits per heavy atom. The van der Waals surface area contributed by atoms with Gasteiger partial charge >= 0.3 is 7.75 Å². The van der Waals surface area contributed by atoms with Gasteiger partial charge in [0.05, 0.1) is 18.9 Å². The molecule has 1 aromatic heterocycles. The SMILES string of the molecule is CCCCCCCCOP(=O)(Nc1c(Cl)c(Cl)nc(Cl)c1Cl)OCCCCCCCC. The standard InChI is InChI=1S/C21H35Cl4N2O3P/c1-3-5-7-9-11-13-15-29-31(28,30-16-14-12-10-8-6-4-2)27-19-17(22)20(24)26-21(25)18(19)23/h3-16H2,1-2H3,(H,26,27,28). The molecule has 1 aromatic rings. The molecule has 1 rings (SSSR count). The number of halogens is 4. The van der Waals surface area contributed by atoms with Crippen molar-refractivity contribution in [3.63, 3.8) is 0 Å². The van der Waals surface area contributed by atoms with Crippen LogP contribution in [0.4, 0.5) is 5.69 Å². The molecule has 0 aliphatic carbocycles. The Hall–Kier alpha value is 0.260. The first-order valence-corrected chi connectivity index (χ1v) is 14.3. The second-order valence-corrected chi connectivity index (χ2v) is 10.7. The minimum atomic E-state index is -3.72. The van der Waals surface area contributed by atoms with Gasteiger partial charge in [0.25, 0.3) is 0 Å². The molecule has 0 amide bonds. The van der Waals surface area contributed by atoms with Crippen LogP contribution in [0.2, 0.25) is 20.4 Å².